The van der Waals surface area contributed by atoms with Crippen molar-refractivity contribution in [2.45, 2.75) is 19.5 Å². The van der Waals surface area contributed by atoms with E-state index < -0.39 is 12.0 Å². The van der Waals surface area contributed by atoms with Crippen LogP contribution < -0.4 is 0 Å². The molecule has 0 aliphatic heterocycles. The molecule has 0 saturated carbocycles. The third-order valence-corrected chi connectivity index (χ3v) is 2.10. The number of alkyl halides is 3. The van der Waals surface area contributed by atoms with Gasteiger partial charge in [-0.1, -0.05) is 6.92 Å². The van der Waals surface area contributed by atoms with Crippen molar-refractivity contribution in [3.8, 4) is 0 Å². The molecule has 0 unspecified atom stereocenters. The van der Waals surface area contributed by atoms with Crippen LogP contribution in [-0.2, 0) is 12.6 Å². The van der Waals surface area contributed by atoms with Crippen LogP contribution in [-0.4, -0.2) is 14.4 Å². The summed E-state index contributed by atoms with van der Waals surface area (Å²) in [4.78, 5) is 7.20. The Morgan fingerprint density at radius 2 is 2.00 bits per heavy atom. The van der Waals surface area contributed by atoms with Gasteiger partial charge in [0, 0.05) is 12.4 Å². The quantitative estimate of drug-likeness (QED) is 0.730. The number of fused-ring (bicyclic) bond motifs is 1. The van der Waals surface area contributed by atoms with Crippen molar-refractivity contribution in [3.63, 3.8) is 0 Å². The van der Waals surface area contributed by atoms with Crippen LogP contribution in [0.5, 0.6) is 0 Å². The minimum atomic E-state index is -4.44. The molecule has 0 aliphatic carbocycles. The maximum atomic E-state index is 12.5. The summed E-state index contributed by atoms with van der Waals surface area (Å²) < 4.78 is 38.4. The number of imidazole rings is 1. The van der Waals surface area contributed by atoms with Gasteiger partial charge >= 0.3 is 6.18 Å². The van der Waals surface area contributed by atoms with Gasteiger partial charge in [-0.15, -0.1) is 0 Å². The van der Waals surface area contributed by atoms with E-state index in [2.05, 4.69) is 9.97 Å². The smallest absolute Gasteiger partial charge is 0.280 e. The molecule has 0 N–H and O–H groups in total. The van der Waals surface area contributed by atoms with E-state index in [1.807, 2.05) is 6.92 Å². The highest BCUT2D eigenvalue weighted by Gasteiger charge is 2.36. The SMILES string of the molecule is CCc1cnc2cnc(C(F)(F)F)n2c1. The molecule has 15 heavy (non-hydrogen) atoms. The normalized spacial score (nSPS) is 12.3. The minimum Gasteiger partial charge on any atom is -0.280 e. The summed E-state index contributed by atoms with van der Waals surface area (Å²) in [5.74, 6) is -0.930. The molecule has 2 aromatic heterocycles. The fourth-order valence-corrected chi connectivity index (χ4v) is 1.32. The lowest BCUT2D eigenvalue weighted by atomic mass is 10.3. The van der Waals surface area contributed by atoms with Gasteiger partial charge in [0.15, 0.2) is 5.65 Å². The molecule has 3 nitrogen and oxygen atoms in total. The molecule has 0 aromatic carbocycles. The van der Waals surface area contributed by atoms with Gasteiger partial charge in [0.1, 0.15) is 0 Å². The zero-order valence-electron chi connectivity index (χ0n) is 7.91. The molecule has 0 bridgehead atoms. The van der Waals surface area contributed by atoms with Crippen molar-refractivity contribution in [2.24, 2.45) is 0 Å². The first-order valence-corrected chi connectivity index (χ1v) is 4.41. The molecule has 2 aromatic rings. The average molecular weight is 215 g/mol. The lowest BCUT2D eigenvalue weighted by Crippen LogP contribution is -2.11. The zero-order chi connectivity index (χ0) is 11.1. The maximum absolute atomic E-state index is 12.5. The highest BCUT2D eigenvalue weighted by atomic mass is 19.4. The Labute approximate surface area is 83.6 Å². The number of aryl methyl sites for hydroxylation is 1. The van der Waals surface area contributed by atoms with Gasteiger partial charge in [-0.3, -0.25) is 4.40 Å². The second-order valence-electron chi connectivity index (χ2n) is 3.12. The molecular weight excluding hydrogens is 207 g/mol. The van der Waals surface area contributed by atoms with Crippen LogP contribution in [0.25, 0.3) is 5.65 Å². The van der Waals surface area contributed by atoms with E-state index in [1.54, 1.807) is 6.20 Å². The Kier molecular flexibility index (Phi) is 2.13. The number of rotatable bonds is 1. The Morgan fingerprint density at radius 3 is 2.60 bits per heavy atom. The molecule has 0 atom stereocenters. The van der Waals surface area contributed by atoms with Gasteiger partial charge in [-0.2, -0.15) is 13.2 Å². The summed E-state index contributed by atoms with van der Waals surface area (Å²) in [6, 6.07) is 0. The number of hydrogen-bond acceptors (Lipinski definition) is 2. The van der Waals surface area contributed by atoms with Crippen molar-refractivity contribution >= 4 is 5.65 Å². The molecule has 0 fully saturated rings. The second kappa shape index (κ2) is 3.22. The van der Waals surface area contributed by atoms with Crippen LogP contribution in [0.4, 0.5) is 13.2 Å². The van der Waals surface area contributed by atoms with Crippen molar-refractivity contribution in [2.75, 3.05) is 0 Å². The first-order chi connectivity index (χ1) is 7.02. The molecule has 0 spiro atoms. The van der Waals surface area contributed by atoms with Gasteiger partial charge < -0.3 is 0 Å². The third kappa shape index (κ3) is 1.67. The van der Waals surface area contributed by atoms with Gasteiger partial charge in [0.2, 0.25) is 5.82 Å². The molecule has 0 saturated heterocycles. The van der Waals surface area contributed by atoms with E-state index in [0.29, 0.717) is 6.42 Å². The highest BCUT2D eigenvalue weighted by Crippen LogP contribution is 2.28. The summed E-state index contributed by atoms with van der Waals surface area (Å²) in [5.41, 5.74) is 0.950. The number of hydrogen-bond donors (Lipinski definition) is 0. The van der Waals surface area contributed by atoms with E-state index in [4.69, 9.17) is 0 Å². The Balaban J connectivity index is 2.67. The number of halogens is 3. The number of nitrogens with zero attached hydrogens (tertiary/aromatic N) is 3. The van der Waals surface area contributed by atoms with E-state index in [1.165, 1.54) is 6.20 Å². The predicted molar refractivity (Wildman–Crippen MR) is 47.4 cm³/mol. The molecule has 2 heterocycles. The second-order valence-corrected chi connectivity index (χ2v) is 3.12. The topological polar surface area (TPSA) is 30.2 Å². The predicted octanol–water partition coefficient (Wildman–Crippen LogP) is 2.31. The van der Waals surface area contributed by atoms with E-state index in [9.17, 15) is 13.2 Å². The summed E-state index contributed by atoms with van der Waals surface area (Å²) in [6.07, 6.45) is 0.274. The van der Waals surface area contributed by atoms with Gasteiger partial charge in [0.05, 0.1) is 6.20 Å². The van der Waals surface area contributed by atoms with Crippen molar-refractivity contribution in [3.05, 3.63) is 30.0 Å². The van der Waals surface area contributed by atoms with Crippen LogP contribution >= 0.6 is 0 Å². The summed E-state index contributed by atoms with van der Waals surface area (Å²) in [6.45, 7) is 1.85. The minimum absolute atomic E-state index is 0.208. The van der Waals surface area contributed by atoms with Crippen molar-refractivity contribution in [1.29, 1.82) is 0 Å². The molecule has 0 aliphatic rings. The van der Waals surface area contributed by atoms with Crippen LogP contribution in [0.3, 0.4) is 0 Å². The van der Waals surface area contributed by atoms with Gasteiger partial charge in [-0.25, -0.2) is 9.97 Å². The summed E-state index contributed by atoms with van der Waals surface area (Å²) in [7, 11) is 0. The zero-order valence-corrected chi connectivity index (χ0v) is 7.91. The van der Waals surface area contributed by atoms with Crippen molar-refractivity contribution in [1.82, 2.24) is 14.4 Å². The molecule has 80 valence electrons. The van der Waals surface area contributed by atoms with Crippen LogP contribution in [0, 0.1) is 0 Å². The van der Waals surface area contributed by atoms with Crippen LogP contribution in [0.2, 0.25) is 0 Å². The largest absolute Gasteiger partial charge is 0.450 e. The van der Waals surface area contributed by atoms with E-state index in [-0.39, 0.29) is 5.65 Å². The van der Waals surface area contributed by atoms with Gasteiger partial charge in [0.25, 0.3) is 0 Å². The fourth-order valence-electron chi connectivity index (χ4n) is 1.32. The monoisotopic (exact) mass is 215 g/mol. The highest BCUT2D eigenvalue weighted by molar-refractivity contribution is 5.38. The average Bonchev–Trinajstić information content (AvgIpc) is 2.59. The van der Waals surface area contributed by atoms with Crippen molar-refractivity contribution < 1.29 is 13.2 Å². The molecule has 2 rings (SSSR count). The summed E-state index contributed by atoms with van der Waals surface area (Å²) >= 11 is 0. The lowest BCUT2D eigenvalue weighted by Gasteiger charge is -2.05. The number of aromatic nitrogens is 3. The fraction of sp³-hybridized carbons (Fsp3) is 0.333. The first kappa shape index (κ1) is 9.95. The first-order valence-electron chi connectivity index (χ1n) is 4.41. The molecule has 6 heteroatoms. The third-order valence-electron chi connectivity index (χ3n) is 2.10. The van der Waals surface area contributed by atoms with Crippen LogP contribution in [0.15, 0.2) is 18.6 Å². The molecule has 0 amide bonds. The molecular formula is C9H8F3N3. The Bertz CT molecular complexity index is 487. The summed E-state index contributed by atoms with van der Waals surface area (Å²) in [5, 5.41) is 0. The van der Waals surface area contributed by atoms with E-state index in [0.717, 1.165) is 16.2 Å². The maximum Gasteiger partial charge on any atom is 0.450 e. The van der Waals surface area contributed by atoms with E-state index >= 15 is 0 Å². The molecule has 0 radical (unpaired) electrons. The lowest BCUT2D eigenvalue weighted by molar-refractivity contribution is -0.145. The van der Waals surface area contributed by atoms with Crippen LogP contribution in [0.1, 0.15) is 18.3 Å². The standard InChI is InChI=1S/C9H8F3N3/c1-2-6-3-13-7-4-14-8(9(10,11)12)15(7)5-6/h3-5H,2H2,1H3. The Hall–Kier alpha value is -1.59. The van der Waals surface area contributed by atoms with Gasteiger partial charge in [-0.05, 0) is 12.0 Å². The Morgan fingerprint density at radius 1 is 1.27 bits per heavy atom.